The Morgan fingerprint density at radius 2 is 2.00 bits per heavy atom. The molecule has 2 unspecified atom stereocenters. The molecular weight excluding hydrogens is 356 g/mol. The summed E-state index contributed by atoms with van der Waals surface area (Å²) in [6, 6.07) is 12.8. The minimum Gasteiger partial charge on any atom is -0.456 e. The molecule has 0 saturated carbocycles. The van der Waals surface area contributed by atoms with Crippen molar-refractivity contribution in [3.8, 4) is 0 Å². The molecule has 0 spiro atoms. The van der Waals surface area contributed by atoms with E-state index in [1.165, 1.54) is 0 Å². The quantitative estimate of drug-likeness (QED) is 0.704. The van der Waals surface area contributed by atoms with Gasteiger partial charge in [-0.25, -0.2) is 0 Å². The maximum atomic E-state index is 13.1. The van der Waals surface area contributed by atoms with Gasteiger partial charge in [0.25, 0.3) is 11.8 Å². The lowest BCUT2D eigenvalue weighted by atomic mass is 10.1. The highest BCUT2D eigenvalue weighted by Gasteiger charge is 2.46. The molecular formula is C21H20N4O3. The number of furan rings is 1. The number of rotatable bonds is 3. The monoisotopic (exact) mass is 376 g/mol. The highest BCUT2D eigenvalue weighted by molar-refractivity contribution is 5.95. The molecule has 5 rings (SSSR count). The number of fused-ring (bicyclic) bond motifs is 3. The second-order valence-electron chi connectivity index (χ2n) is 7.31. The second kappa shape index (κ2) is 6.37. The molecule has 1 saturated heterocycles. The topological polar surface area (TPSA) is 71.6 Å². The normalized spacial score (nSPS) is 21.0. The van der Waals surface area contributed by atoms with Crippen LogP contribution in [0.1, 0.15) is 38.5 Å². The number of nitrogens with zero attached hydrogens (tertiary/aromatic N) is 4. The molecule has 2 aliphatic heterocycles. The first-order valence-corrected chi connectivity index (χ1v) is 9.35. The Bertz CT molecular complexity index is 1040. The van der Waals surface area contributed by atoms with Gasteiger partial charge in [0.05, 0.1) is 24.3 Å². The molecule has 0 radical (unpaired) electrons. The zero-order valence-electron chi connectivity index (χ0n) is 15.5. The summed E-state index contributed by atoms with van der Waals surface area (Å²) in [7, 11) is 0. The fourth-order valence-corrected chi connectivity index (χ4v) is 4.24. The minimum absolute atomic E-state index is 0.0198. The van der Waals surface area contributed by atoms with Crippen molar-refractivity contribution < 1.29 is 14.0 Å². The standard InChI is InChI=1S/C21H20N4O3/c1-14-7-8-19(28-14)21(27)23-12-17-18(13-23)25(11-15-5-2-3-9-22-15)20(26)16-6-4-10-24(16)17/h2-10,17-18H,11-13H2,1H3. The summed E-state index contributed by atoms with van der Waals surface area (Å²) in [6.07, 6.45) is 3.65. The van der Waals surface area contributed by atoms with Gasteiger partial charge in [0.1, 0.15) is 11.5 Å². The SMILES string of the molecule is Cc1ccc(C(=O)N2CC3C(C2)n2cccc2C(=O)N3Cc2ccccn2)o1. The molecule has 142 valence electrons. The van der Waals surface area contributed by atoms with E-state index in [-0.39, 0.29) is 23.9 Å². The Kier molecular flexibility index (Phi) is 3.82. The minimum atomic E-state index is -0.138. The summed E-state index contributed by atoms with van der Waals surface area (Å²) in [5.41, 5.74) is 1.49. The van der Waals surface area contributed by atoms with Crippen molar-refractivity contribution in [2.24, 2.45) is 0 Å². The lowest BCUT2D eigenvalue weighted by Gasteiger charge is -2.37. The molecule has 2 aliphatic rings. The average Bonchev–Trinajstić information content (AvgIpc) is 3.44. The molecule has 0 aliphatic carbocycles. The molecule has 2 atom stereocenters. The number of carbonyl (C=O) groups excluding carboxylic acids is 2. The number of amides is 2. The van der Waals surface area contributed by atoms with Crippen LogP contribution in [0.2, 0.25) is 0 Å². The number of aromatic nitrogens is 2. The van der Waals surface area contributed by atoms with Crippen LogP contribution in [0, 0.1) is 6.92 Å². The van der Waals surface area contributed by atoms with E-state index < -0.39 is 0 Å². The molecule has 3 aromatic rings. The summed E-state index contributed by atoms with van der Waals surface area (Å²) in [5, 5.41) is 0. The summed E-state index contributed by atoms with van der Waals surface area (Å²) in [6.45, 7) is 3.25. The van der Waals surface area contributed by atoms with Crippen LogP contribution < -0.4 is 0 Å². The van der Waals surface area contributed by atoms with E-state index >= 15 is 0 Å². The van der Waals surface area contributed by atoms with Gasteiger partial charge in [-0.15, -0.1) is 0 Å². The Morgan fingerprint density at radius 1 is 1.14 bits per heavy atom. The summed E-state index contributed by atoms with van der Waals surface area (Å²) >= 11 is 0. The van der Waals surface area contributed by atoms with Crippen LogP contribution in [0.4, 0.5) is 0 Å². The van der Waals surface area contributed by atoms with Crippen molar-refractivity contribution in [3.63, 3.8) is 0 Å². The largest absolute Gasteiger partial charge is 0.456 e. The predicted octanol–water partition coefficient (Wildman–Crippen LogP) is 2.51. The van der Waals surface area contributed by atoms with Crippen molar-refractivity contribution in [2.45, 2.75) is 25.6 Å². The predicted molar refractivity (Wildman–Crippen MR) is 101 cm³/mol. The summed E-state index contributed by atoms with van der Waals surface area (Å²) in [4.78, 5) is 34.0. The number of hydrogen-bond acceptors (Lipinski definition) is 4. The van der Waals surface area contributed by atoms with Gasteiger partial charge in [0, 0.05) is 25.5 Å². The second-order valence-corrected chi connectivity index (χ2v) is 7.31. The Hall–Kier alpha value is -3.35. The van der Waals surface area contributed by atoms with Crippen LogP contribution in [0.25, 0.3) is 0 Å². The summed E-state index contributed by atoms with van der Waals surface area (Å²) in [5.74, 6) is 0.882. The molecule has 3 aromatic heterocycles. The van der Waals surface area contributed by atoms with Crippen molar-refractivity contribution in [3.05, 3.63) is 77.8 Å². The van der Waals surface area contributed by atoms with E-state index in [9.17, 15) is 9.59 Å². The first kappa shape index (κ1) is 16.8. The van der Waals surface area contributed by atoms with E-state index in [2.05, 4.69) is 4.98 Å². The molecule has 28 heavy (non-hydrogen) atoms. The Morgan fingerprint density at radius 3 is 2.75 bits per heavy atom. The number of carbonyl (C=O) groups is 2. The van der Waals surface area contributed by atoms with Crippen LogP contribution in [0.3, 0.4) is 0 Å². The van der Waals surface area contributed by atoms with Crippen LogP contribution in [0.15, 0.2) is 59.3 Å². The third-order valence-corrected chi connectivity index (χ3v) is 5.57. The molecule has 5 heterocycles. The van der Waals surface area contributed by atoms with E-state index in [0.717, 1.165) is 5.69 Å². The highest BCUT2D eigenvalue weighted by atomic mass is 16.3. The maximum Gasteiger partial charge on any atom is 0.289 e. The third kappa shape index (κ3) is 2.62. The first-order chi connectivity index (χ1) is 13.6. The van der Waals surface area contributed by atoms with Crippen molar-refractivity contribution in [1.29, 1.82) is 0 Å². The number of pyridine rings is 1. The number of likely N-dealkylation sites (tertiary alicyclic amines) is 1. The van der Waals surface area contributed by atoms with Gasteiger partial charge in [0.15, 0.2) is 5.76 Å². The van der Waals surface area contributed by atoms with Crippen LogP contribution >= 0.6 is 0 Å². The van der Waals surface area contributed by atoms with Crippen molar-refractivity contribution in [2.75, 3.05) is 13.1 Å². The van der Waals surface area contributed by atoms with E-state index in [4.69, 9.17) is 4.42 Å². The zero-order chi connectivity index (χ0) is 19.3. The molecule has 7 nitrogen and oxygen atoms in total. The fraction of sp³-hybridized carbons (Fsp3) is 0.286. The summed E-state index contributed by atoms with van der Waals surface area (Å²) < 4.78 is 7.52. The zero-order valence-corrected chi connectivity index (χ0v) is 15.5. The van der Waals surface area contributed by atoms with Crippen LogP contribution in [0.5, 0.6) is 0 Å². The van der Waals surface area contributed by atoms with Gasteiger partial charge in [-0.05, 0) is 43.3 Å². The molecule has 2 amide bonds. The number of hydrogen-bond donors (Lipinski definition) is 0. The molecule has 1 fully saturated rings. The number of aryl methyl sites for hydroxylation is 1. The third-order valence-electron chi connectivity index (χ3n) is 5.57. The molecule has 7 heteroatoms. The van der Waals surface area contributed by atoms with Gasteiger partial charge in [-0.3, -0.25) is 14.6 Å². The Labute approximate surface area is 162 Å². The lowest BCUT2D eigenvalue weighted by Crippen LogP contribution is -2.50. The van der Waals surface area contributed by atoms with Crippen LogP contribution in [-0.4, -0.2) is 50.3 Å². The smallest absolute Gasteiger partial charge is 0.289 e. The lowest BCUT2D eigenvalue weighted by molar-refractivity contribution is 0.0546. The molecule has 0 aromatic carbocycles. The first-order valence-electron chi connectivity index (χ1n) is 9.35. The van der Waals surface area contributed by atoms with Crippen LogP contribution in [-0.2, 0) is 6.54 Å². The van der Waals surface area contributed by atoms with E-state index in [0.29, 0.717) is 36.8 Å². The van der Waals surface area contributed by atoms with Crippen molar-refractivity contribution in [1.82, 2.24) is 19.4 Å². The van der Waals surface area contributed by atoms with Gasteiger partial charge < -0.3 is 18.8 Å². The van der Waals surface area contributed by atoms with Gasteiger partial charge in [0.2, 0.25) is 0 Å². The van der Waals surface area contributed by atoms with Crippen molar-refractivity contribution >= 4 is 11.8 Å². The maximum absolute atomic E-state index is 13.1. The van der Waals surface area contributed by atoms with E-state index in [1.54, 1.807) is 23.2 Å². The Balaban J connectivity index is 1.47. The van der Waals surface area contributed by atoms with Gasteiger partial charge >= 0.3 is 0 Å². The highest BCUT2D eigenvalue weighted by Crippen LogP contribution is 2.35. The fourth-order valence-electron chi connectivity index (χ4n) is 4.24. The molecule has 0 N–H and O–H groups in total. The van der Waals surface area contributed by atoms with Gasteiger partial charge in [-0.2, -0.15) is 0 Å². The molecule has 0 bridgehead atoms. The average molecular weight is 376 g/mol. The van der Waals surface area contributed by atoms with E-state index in [1.807, 2.05) is 52.9 Å². The van der Waals surface area contributed by atoms with Gasteiger partial charge in [-0.1, -0.05) is 6.07 Å².